The van der Waals surface area contributed by atoms with Crippen molar-refractivity contribution in [3.05, 3.63) is 52.6 Å². The van der Waals surface area contributed by atoms with Gasteiger partial charge in [0, 0.05) is 13.1 Å². The Hall–Kier alpha value is -3.07. The Balaban J connectivity index is 1.84. The predicted octanol–water partition coefficient (Wildman–Crippen LogP) is 2.98. The number of aliphatic hydroxyl groups excluding tert-OH is 1. The van der Waals surface area contributed by atoms with E-state index in [-0.39, 0.29) is 5.92 Å². The number of hydrogen-bond acceptors (Lipinski definition) is 7. The standard InChI is InChI=1S/C23H23N5O2S/c24-11-17-19(14-8-9-14)18(12-25)23(27-22(17)28-10-4-7-16(29)13-28)31-20(21(26)30)15-5-2-1-3-6-15/h1-3,5-6,14,16,20,29H,4,7-10,13H2,(H2,26,30). The van der Waals surface area contributed by atoms with E-state index in [1.165, 1.54) is 0 Å². The molecule has 31 heavy (non-hydrogen) atoms. The van der Waals surface area contributed by atoms with Gasteiger partial charge in [0.05, 0.1) is 17.2 Å². The number of benzene rings is 1. The Morgan fingerprint density at radius 1 is 1.19 bits per heavy atom. The fraction of sp³-hybridized carbons (Fsp3) is 0.391. The van der Waals surface area contributed by atoms with E-state index in [1.807, 2.05) is 35.2 Å². The number of hydrogen-bond donors (Lipinski definition) is 2. The molecule has 2 atom stereocenters. The molecule has 2 heterocycles. The monoisotopic (exact) mass is 433 g/mol. The van der Waals surface area contributed by atoms with Crippen LogP contribution in [0.2, 0.25) is 0 Å². The van der Waals surface area contributed by atoms with Crippen LogP contribution in [0, 0.1) is 22.7 Å². The van der Waals surface area contributed by atoms with Gasteiger partial charge >= 0.3 is 0 Å². The normalized spacial score (nSPS) is 19.3. The highest BCUT2D eigenvalue weighted by Crippen LogP contribution is 2.48. The first-order chi connectivity index (χ1) is 15.0. The van der Waals surface area contributed by atoms with Crippen molar-refractivity contribution < 1.29 is 9.90 Å². The second kappa shape index (κ2) is 8.97. The van der Waals surface area contributed by atoms with Crippen molar-refractivity contribution >= 4 is 23.5 Å². The highest BCUT2D eigenvalue weighted by molar-refractivity contribution is 8.00. The number of β-amino-alcohol motifs (C(OH)–C–C–N with tert-alkyl or cyclic N) is 1. The van der Waals surface area contributed by atoms with Gasteiger partial charge in [-0.15, -0.1) is 0 Å². The topological polar surface area (TPSA) is 127 Å². The number of piperidine rings is 1. The van der Waals surface area contributed by atoms with Crippen LogP contribution in [0.25, 0.3) is 0 Å². The molecule has 1 aliphatic carbocycles. The zero-order valence-electron chi connectivity index (χ0n) is 17.0. The largest absolute Gasteiger partial charge is 0.391 e. The number of nitrogens with zero attached hydrogens (tertiary/aromatic N) is 4. The van der Waals surface area contributed by atoms with Crippen LogP contribution in [-0.2, 0) is 4.79 Å². The molecule has 4 rings (SSSR count). The lowest BCUT2D eigenvalue weighted by atomic mass is 9.99. The molecular weight excluding hydrogens is 410 g/mol. The van der Waals surface area contributed by atoms with Crippen LogP contribution in [0.5, 0.6) is 0 Å². The van der Waals surface area contributed by atoms with Gasteiger partial charge in [0.25, 0.3) is 0 Å². The third kappa shape index (κ3) is 4.36. The summed E-state index contributed by atoms with van der Waals surface area (Å²) in [6.07, 6.45) is 2.85. The molecule has 1 aliphatic heterocycles. The third-order valence-electron chi connectivity index (χ3n) is 5.68. The Kier molecular flexibility index (Phi) is 6.13. The summed E-state index contributed by atoms with van der Waals surface area (Å²) in [6, 6.07) is 13.7. The third-order valence-corrected chi connectivity index (χ3v) is 6.94. The summed E-state index contributed by atoms with van der Waals surface area (Å²) in [4.78, 5) is 18.9. The van der Waals surface area contributed by atoms with E-state index < -0.39 is 17.3 Å². The van der Waals surface area contributed by atoms with Crippen molar-refractivity contribution in [3.63, 3.8) is 0 Å². The van der Waals surface area contributed by atoms with Gasteiger partial charge in [0.2, 0.25) is 5.91 Å². The van der Waals surface area contributed by atoms with Crippen molar-refractivity contribution in [2.24, 2.45) is 5.73 Å². The number of aliphatic hydroxyl groups is 1. The number of carbonyl (C=O) groups excluding carboxylic acids is 1. The molecule has 1 aromatic heterocycles. The first-order valence-electron chi connectivity index (χ1n) is 10.4. The van der Waals surface area contributed by atoms with E-state index in [0.717, 1.165) is 36.6 Å². The number of pyridine rings is 1. The number of anilines is 1. The van der Waals surface area contributed by atoms with Crippen molar-refractivity contribution in [1.29, 1.82) is 10.5 Å². The maximum absolute atomic E-state index is 12.3. The smallest absolute Gasteiger partial charge is 0.235 e. The summed E-state index contributed by atoms with van der Waals surface area (Å²) in [5.74, 6) is 0.110. The van der Waals surface area contributed by atoms with E-state index in [0.29, 0.717) is 47.0 Å². The Morgan fingerprint density at radius 2 is 1.90 bits per heavy atom. The second-order valence-electron chi connectivity index (χ2n) is 7.96. The van der Waals surface area contributed by atoms with Crippen LogP contribution >= 0.6 is 11.8 Å². The first kappa shape index (κ1) is 21.2. The van der Waals surface area contributed by atoms with E-state index >= 15 is 0 Å². The maximum Gasteiger partial charge on any atom is 0.235 e. The summed E-state index contributed by atoms with van der Waals surface area (Å²) < 4.78 is 0. The number of primary amides is 1. The van der Waals surface area contributed by atoms with Gasteiger partial charge in [0.1, 0.15) is 28.2 Å². The molecule has 2 fully saturated rings. The summed E-state index contributed by atoms with van der Waals surface area (Å²) in [7, 11) is 0. The molecule has 0 spiro atoms. The molecule has 1 amide bonds. The summed E-state index contributed by atoms with van der Waals surface area (Å²) in [5, 5.41) is 29.8. The number of amides is 1. The van der Waals surface area contributed by atoms with Crippen LogP contribution in [0.4, 0.5) is 5.82 Å². The molecule has 1 saturated heterocycles. The molecule has 158 valence electrons. The predicted molar refractivity (Wildman–Crippen MR) is 117 cm³/mol. The van der Waals surface area contributed by atoms with Gasteiger partial charge in [-0.2, -0.15) is 10.5 Å². The molecule has 7 nitrogen and oxygen atoms in total. The van der Waals surface area contributed by atoms with Gasteiger partial charge in [-0.1, -0.05) is 42.1 Å². The fourth-order valence-corrected chi connectivity index (χ4v) is 5.10. The van der Waals surface area contributed by atoms with E-state index in [1.54, 1.807) is 0 Å². The van der Waals surface area contributed by atoms with E-state index in [4.69, 9.17) is 10.7 Å². The molecule has 3 N–H and O–H groups in total. The maximum atomic E-state index is 12.3. The Bertz CT molecular complexity index is 1070. The van der Waals surface area contributed by atoms with Gasteiger partial charge < -0.3 is 15.7 Å². The highest BCUT2D eigenvalue weighted by atomic mass is 32.2. The number of aromatic nitrogens is 1. The number of nitriles is 2. The lowest BCUT2D eigenvalue weighted by Crippen LogP contribution is -2.39. The Labute approximate surface area is 185 Å². The van der Waals surface area contributed by atoms with Crippen LogP contribution in [0.1, 0.15) is 59.1 Å². The lowest BCUT2D eigenvalue weighted by molar-refractivity contribution is -0.117. The quantitative estimate of drug-likeness (QED) is 0.670. The first-order valence-corrected chi connectivity index (χ1v) is 11.2. The summed E-state index contributed by atoms with van der Waals surface area (Å²) in [5.41, 5.74) is 7.92. The van der Waals surface area contributed by atoms with Crippen molar-refractivity contribution in [3.8, 4) is 12.1 Å². The number of nitrogens with two attached hydrogens (primary N) is 1. The molecule has 8 heteroatoms. The molecule has 1 saturated carbocycles. The molecule has 2 aliphatic rings. The minimum atomic E-state index is -0.708. The van der Waals surface area contributed by atoms with Crippen LogP contribution < -0.4 is 10.6 Å². The molecule has 0 radical (unpaired) electrons. The molecular formula is C23H23N5O2S. The van der Waals surface area contributed by atoms with Crippen LogP contribution in [0.15, 0.2) is 35.4 Å². The molecule has 1 aromatic carbocycles. The summed E-state index contributed by atoms with van der Waals surface area (Å²) >= 11 is 1.15. The zero-order chi connectivity index (χ0) is 22.0. The number of thioether (sulfide) groups is 1. The fourth-order valence-electron chi connectivity index (χ4n) is 4.06. The van der Waals surface area contributed by atoms with Crippen LogP contribution in [-0.4, -0.2) is 35.2 Å². The Morgan fingerprint density at radius 3 is 2.48 bits per heavy atom. The van der Waals surface area contributed by atoms with E-state index in [9.17, 15) is 20.4 Å². The van der Waals surface area contributed by atoms with Crippen molar-refractivity contribution in [2.45, 2.75) is 48.0 Å². The average Bonchev–Trinajstić information content (AvgIpc) is 3.62. The van der Waals surface area contributed by atoms with Gasteiger partial charge in [-0.3, -0.25) is 4.79 Å². The number of carbonyl (C=O) groups is 1. The molecule has 2 aromatic rings. The SMILES string of the molecule is N#Cc1c(SC(C(N)=O)c2ccccc2)nc(N2CCCC(O)C2)c(C#N)c1C1CC1. The second-order valence-corrected chi connectivity index (χ2v) is 9.05. The van der Waals surface area contributed by atoms with Crippen LogP contribution in [0.3, 0.4) is 0 Å². The van der Waals surface area contributed by atoms with Gasteiger partial charge in [-0.05, 0) is 42.7 Å². The molecule has 0 bridgehead atoms. The van der Waals surface area contributed by atoms with E-state index in [2.05, 4.69) is 12.1 Å². The minimum Gasteiger partial charge on any atom is -0.391 e. The van der Waals surface area contributed by atoms with Crippen molar-refractivity contribution in [1.82, 2.24) is 4.98 Å². The van der Waals surface area contributed by atoms with Gasteiger partial charge in [-0.25, -0.2) is 4.98 Å². The lowest BCUT2D eigenvalue weighted by Gasteiger charge is -2.32. The van der Waals surface area contributed by atoms with Gasteiger partial charge in [0.15, 0.2) is 0 Å². The zero-order valence-corrected chi connectivity index (χ0v) is 17.8. The highest BCUT2D eigenvalue weighted by Gasteiger charge is 2.35. The summed E-state index contributed by atoms with van der Waals surface area (Å²) in [6.45, 7) is 1.07. The molecule has 2 unspecified atom stereocenters. The van der Waals surface area contributed by atoms with Crippen molar-refractivity contribution in [2.75, 3.05) is 18.0 Å². The minimum absolute atomic E-state index is 0.142. The average molecular weight is 434 g/mol. The number of rotatable bonds is 6.